The van der Waals surface area contributed by atoms with Crippen LogP contribution < -0.4 is 5.43 Å². The Bertz CT molecular complexity index is 214. The summed E-state index contributed by atoms with van der Waals surface area (Å²) in [6.07, 6.45) is 3.37. The molecule has 0 radical (unpaired) electrons. The zero-order valence-corrected chi connectivity index (χ0v) is 8.17. The summed E-state index contributed by atoms with van der Waals surface area (Å²) in [5, 5.41) is 4.06. The molecule has 0 bridgehead atoms. The number of hydrogen-bond donors (Lipinski definition) is 1. The van der Waals surface area contributed by atoms with Gasteiger partial charge in [0.05, 0.1) is 0 Å². The second kappa shape index (κ2) is 4.97. The molecule has 1 atom stereocenters. The first-order valence-corrected chi connectivity index (χ1v) is 4.58. The lowest BCUT2D eigenvalue weighted by atomic mass is 10.1. The molecular formula is C9H16N2O2. The Morgan fingerprint density at radius 2 is 2.54 bits per heavy atom. The molecule has 1 aliphatic rings. The van der Waals surface area contributed by atoms with Crippen LogP contribution in [-0.4, -0.2) is 25.3 Å². The van der Waals surface area contributed by atoms with Crippen LogP contribution in [0.25, 0.3) is 0 Å². The van der Waals surface area contributed by atoms with Gasteiger partial charge >= 0.3 is 0 Å². The predicted molar refractivity (Wildman–Crippen MR) is 50.5 cm³/mol. The Morgan fingerprint density at radius 3 is 3.08 bits per heavy atom. The molecule has 74 valence electrons. The number of hydrazone groups is 1. The second-order valence-electron chi connectivity index (χ2n) is 3.36. The van der Waals surface area contributed by atoms with Gasteiger partial charge in [-0.05, 0) is 25.2 Å². The maximum atomic E-state index is 11.0. The maximum Gasteiger partial charge on any atom is 0.266 e. The molecule has 1 N–H and O–H groups in total. The number of ether oxygens (including phenoxy) is 1. The van der Waals surface area contributed by atoms with Crippen LogP contribution >= 0.6 is 0 Å². The minimum Gasteiger partial charge on any atom is -0.375 e. The van der Waals surface area contributed by atoms with Crippen molar-refractivity contribution in [3.8, 4) is 0 Å². The Balaban J connectivity index is 2.34. The van der Waals surface area contributed by atoms with E-state index in [9.17, 15) is 4.79 Å². The maximum absolute atomic E-state index is 11.0. The van der Waals surface area contributed by atoms with Gasteiger partial charge in [-0.15, -0.1) is 0 Å². The van der Waals surface area contributed by atoms with E-state index in [4.69, 9.17) is 0 Å². The standard InChI is InChI=1S/C9H16N2O2/c1-7-4-3-5-8(7)10-11-9(12)6-13-2/h7H,3-6H2,1-2H3,(H,11,12)/b10-8-. The molecule has 0 aromatic carbocycles. The molecule has 1 aliphatic carbocycles. The molecule has 0 spiro atoms. The lowest BCUT2D eigenvalue weighted by Gasteiger charge is -2.03. The van der Waals surface area contributed by atoms with Crippen LogP contribution in [0.3, 0.4) is 0 Å². The molecule has 0 aromatic rings. The van der Waals surface area contributed by atoms with Gasteiger partial charge in [0.2, 0.25) is 0 Å². The van der Waals surface area contributed by atoms with Crippen molar-refractivity contribution >= 4 is 11.6 Å². The monoisotopic (exact) mass is 184 g/mol. The van der Waals surface area contributed by atoms with Crippen LogP contribution in [0.1, 0.15) is 26.2 Å². The fourth-order valence-electron chi connectivity index (χ4n) is 1.47. The Labute approximate surface area is 78.3 Å². The van der Waals surface area contributed by atoms with E-state index < -0.39 is 0 Å². The second-order valence-corrected chi connectivity index (χ2v) is 3.36. The van der Waals surface area contributed by atoms with Crippen molar-refractivity contribution in [3.05, 3.63) is 0 Å². The van der Waals surface area contributed by atoms with Crippen LogP contribution in [0.4, 0.5) is 0 Å². The van der Waals surface area contributed by atoms with Gasteiger partial charge in [0.15, 0.2) is 0 Å². The molecule has 13 heavy (non-hydrogen) atoms. The highest BCUT2D eigenvalue weighted by Crippen LogP contribution is 2.21. The topological polar surface area (TPSA) is 50.7 Å². The van der Waals surface area contributed by atoms with Gasteiger partial charge < -0.3 is 4.74 Å². The molecule has 4 heteroatoms. The summed E-state index contributed by atoms with van der Waals surface area (Å²) in [6, 6.07) is 0. The highest BCUT2D eigenvalue weighted by Gasteiger charge is 2.17. The van der Waals surface area contributed by atoms with E-state index in [-0.39, 0.29) is 12.5 Å². The summed E-state index contributed by atoms with van der Waals surface area (Å²) in [5.74, 6) is 0.331. The fourth-order valence-corrected chi connectivity index (χ4v) is 1.47. The van der Waals surface area contributed by atoms with Crippen molar-refractivity contribution in [2.24, 2.45) is 11.0 Å². The van der Waals surface area contributed by atoms with E-state index in [1.807, 2.05) is 0 Å². The van der Waals surface area contributed by atoms with Gasteiger partial charge in [0.1, 0.15) is 6.61 Å². The molecule has 0 aromatic heterocycles. The van der Waals surface area contributed by atoms with Crippen LogP contribution in [0.5, 0.6) is 0 Å². The zero-order chi connectivity index (χ0) is 9.68. The predicted octanol–water partition coefficient (Wildman–Crippen LogP) is 0.925. The molecule has 0 heterocycles. The van der Waals surface area contributed by atoms with Crippen LogP contribution in [-0.2, 0) is 9.53 Å². The number of rotatable bonds is 3. The van der Waals surface area contributed by atoms with E-state index in [1.165, 1.54) is 20.0 Å². The number of hydrogen-bond acceptors (Lipinski definition) is 3. The Hall–Kier alpha value is -0.900. The lowest BCUT2D eigenvalue weighted by Crippen LogP contribution is -2.24. The fraction of sp³-hybridized carbons (Fsp3) is 0.778. The summed E-state index contributed by atoms with van der Waals surface area (Å²) in [4.78, 5) is 11.0. The molecule has 0 aliphatic heterocycles. The van der Waals surface area contributed by atoms with Gasteiger partial charge in [0, 0.05) is 12.8 Å². The third-order valence-corrected chi connectivity index (χ3v) is 2.24. The lowest BCUT2D eigenvalue weighted by molar-refractivity contribution is -0.124. The van der Waals surface area contributed by atoms with Gasteiger partial charge in [-0.3, -0.25) is 4.79 Å². The van der Waals surface area contributed by atoms with Crippen molar-refractivity contribution in [2.75, 3.05) is 13.7 Å². The third-order valence-electron chi connectivity index (χ3n) is 2.24. The molecule has 1 rings (SSSR count). The van der Waals surface area contributed by atoms with Crippen molar-refractivity contribution in [3.63, 3.8) is 0 Å². The van der Waals surface area contributed by atoms with E-state index in [0.29, 0.717) is 5.92 Å². The number of nitrogens with zero attached hydrogens (tertiary/aromatic N) is 1. The smallest absolute Gasteiger partial charge is 0.266 e. The van der Waals surface area contributed by atoms with Crippen molar-refractivity contribution < 1.29 is 9.53 Å². The van der Waals surface area contributed by atoms with Crippen LogP contribution in [0.2, 0.25) is 0 Å². The average molecular weight is 184 g/mol. The van der Waals surface area contributed by atoms with Gasteiger partial charge in [-0.1, -0.05) is 6.92 Å². The average Bonchev–Trinajstić information content (AvgIpc) is 2.48. The summed E-state index contributed by atoms with van der Waals surface area (Å²) in [7, 11) is 1.49. The minimum absolute atomic E-state index is 0.0746. The minimum atomic E-state index is -0.186. The molecule has 1 unspecified atom stereocenters. The van der Waals surface area contributed by atoms with Crippen molar-refractivity contribution in [1.29, 1.82) is 0 Å². The molecule has 4 nitrogen and oxygen atoms in total. The quantitative estimate of drug-likeness (QED) is 0.663. The molecular weight excluding hydrogens is 168 g/mol. The van der Waals surface area contributed by atoms with E-state index in [0.717, 1.165) is 12.1 Å². The summed E-state index contributed by atoms with van der Waals surface area (Å²) in [6.45, 7) is 2.21. The van der Waals surface area contributed by atoms with Gasteiger partial charge in [-0.2, -0.15) is 5.10 Å². The first-order chi connectivity index (χ1) is 6.24. The molecule has 1 fully saturated rings. The SMILES string of the molecule is COCC(=O)N/N=C1/CCCC1C. The first-order valence-electron chi connectivity index (χ1n) is 4.58. The molecule has 1 amide bonds. The normalized spacial score (nSPS) is 25.1. The van der Waals surface area contributed by atoms with Crippen molar-refractivity contribution in [1.82, 2.24) is 5.43 Å². The van der Waals surface area contributed by atoms with E-state index in [1.54, 1.807) is 0 Å². The zero-order valence-electron chi connectivity index (χ0n) is 8.17. The summed E-state index contributed by atoms with van der Waals surface area (Å²) < 4.78 is 4.66. The highest BCUT2D eigenvalue weighted by molar-refractivity contribution is 5.89. The van der Waals surface area contributed by atoms with E-state index in [2.05, 4.69) is 22.2 Å². The first kappa shape index (κ1) is 10.2. The largest absolute Gasteiger partial charge is 0.375 e. The van der Waals surface area contributed by atoms with Crippen LogP contribution in [0.15, 0.2) is 5.10 Å². The summed E-state index contributed by atoms with van der Waals surface area (Å²) >= 11 is 0. The van der Waals surface area contributed by atoms with Crippen LogP contribution in [0, 0.1) is 5.92 Å². The summed E-state index contributed by atoms with van der Waals surface area (Å²) in [5.41, 5.74) is 3.58. The van der Waals surface area contributed by atoms with E-state index >= 15 is 0 Å². The van der Waals surface area contributed by atoms with Crippen molar-refractivity contribution in [2.45, 2.75) is 26.2 Å². The van der Waals surface area contributed by atoms with Gasteiger partial charge in [0.25, 0.3) is 5.91 Å². The number of carbonyl (C=O) groups is 1. The highest BCUT2D eigenvalue weighted by atomic mass is 16.5. The number of nitrogens with one attached hydrogen (secondary N) is 1. The number of amides is 1. The van der Waals surface area contributed by atoms with Gasteiger partial charge in [-0.25, -0.2) is 5.43 Å². The Kier molecular flexibility index (Phi) is 3.89. The molecule has 1 saturated carbocycles. The molecule has 0 saturated heterocycles. The third kappa shape index (κ3) is 3.14. The Morgan fingerprint density at radius 1 is 1.77 bits per heavy atom. The number of methoxy groups -OCH3 is 1. The number of carbonyl (C=O) groups excluding carboxylic acids is 1.